The lowest BCUT2D eigenvalue weighted by atomic mass is 9.75. The Morgan fingerprint density at radius 1 is 1.29 bits per heavy atom. The second-order valence-corrected chi connectivity index (χ2v) is 5.94. The molecule has 0 aliphatic heterocycles. The first kappa shape index (κ1) is 12.9. The zero-order valence-electron chi connectivity index (χ0n) is 10.5. The summed E-state index contributed by atoms with van der Waals surface area (Å²) in [6.45, 7) is 1.98. The molecule has 2 heteroatoms. The van der Waals surface area contributed by atoms with Crippen LogP contribution in [0.25, 0.3) is 0 Å². The van der Waals surface area contributed by atoms with Crippen molar-refractivity contribution in [3.8, 4) is 0 Å². The molecule has 17 heavy (non-hydrogen) atoms. The molecule has 0 saturated heterocycles. The van der Waals surface area contributed by atoms with Crippen molar-refractivity contribution in [1.29, 1.82) is 0 Å². The maximum atomic E-state index is 10.6. The van der Waals surface area contributed by atoms with Gasteiger partial charge < -0.3 is 5.11 Å². The van der Waals surface area contributed by atoms with Gasteiger partial charge >= 0.3 is 0 Å². The monoisotopic (exact) mass is 252 g/mol. The Kier molecular flexibility index (Phi) is 4.11. The van der Waals surface area contributed by atoms with E-state index in [4.69, 9.17) is 11.6 Å². The molecule has 1 aromatic carbocycles. The lowest BCUT2D eigenvalue weighted by molar-refractivity contribution is -0.0159. The third-order valence-corrected chi connectivity index (χ3v) is 4.17. The minimum atomic E-state index is -0.592. The minimum absolute atomic E-state index is 0.440. The van der Waals surface area contributed by atoms with Crippen molar-refractivity contribution in [3.05, 3.63) is 34.9 Å². The van der Waals surface area contributed by atoms with E-state index in [1.54, 1.807) is 0 Å². The normalized spacial score (nSPS) is 21.1. The molecule has 0 spiro atoms. The molecule has 1 unspecified atom stereocenters. The van der Waals surface area contributed by atoms with E-state index in [2.05, 4.69) is 0 Å². The average Bonchev–Trinajstić information content (AvgIpc) is 2.29. The molecular formula is C15H21ClO. The Morgan fingerprint density at radius 2 is 2.00 bits per heavy atom. The molecule has 1 N–H and O–H groups in total. The molecule has 1 aromatic rings. The van der Waals surface area contributed by atoms with Gasteiger partial charge in [0.05, 0.1) is 5.60 Å². The van der Waals surface area contributed by atoms with Crippen molar-refractivity contribution < 1.29 is 5.11 Å². The quantitative estimate of drug-likeness (QED) is 0.854. The molecule has 0 heterocycles. The fraction of sp³-hybridized carbons (Fsp3) is 0.600. The Hall–Kier alpha value is -0.530. The summed E-state index contributed by atoms with van der Waals surface area (Å²) in [7, 11) is 0. The first-order valence-electron chi connectivity index (χ1n) is 6.55. The highest BCUT2D eigenvalue weighted by molar-refractivity contribution is 6.30. The topological polar surface area (TPSA) is 20.2 Å². The van der Waals surface area contributed by atoms with Crippen LogP contribution in [-0.4, -0.2) is 10.7 Å². The lowest BCUT2D eigenvalue weighted by Crippen LogP contribution is -2.38. The third-order valence-electron chi connectivity index (χ3n) is 3.94. The summed E-state index contributed by atoms with van der Waals surface area (Å²) in [6.07, 6.45) is 6.87. The largest absolute Gasteiger partial charge is 0.390 e. The highest BCUT2D eigenvalue weighted by Crippen LogP contribution is 2.34. The third kappa shape index (κ3) is 3.46. The van der Waals surface area contributed by atoms with Gasteiger partial charge in [-0.2, -0.15) is 0 Å². The molecule has 0 aromatic heterocycles. The number of halogens is 1. The van der Waals surface area contributed by atoms with E-state index in [0.29, 0.717) is 12.3 Å². The van der Waals surface area contributed by atoms with Crippen molar-refractivity contribution in [1.82, 2.24) is 0 Å². The Morgan fingerprint density at radius 3 is 2.65 bits per heavy atom. The maximum absolute atomic E-state index is 10.6. The van der Waals surface area contributed by atoms with Crippen LogP contribution in [0.3, 0.4) is 0 Å². The molecule has 1 atom stereocenters. The summed E-state index contributed by atoms with van der Waals surface area (Å²) < 4.78 is 0. The molecule has 94 valence electrons. The number of hydrogen-bond donors (Lipinski definition) is 1. The number of benzene rings is 1. The zero-order chi connectivity index (χ0) is 12.3. The van der Waals surface area contributed by atoms with Crippen LogP contribution >= 0.6 is 11.6 Å². The van der Waals surface area contributed by atoms with Crippen molar-refractivity contribution in [3.63, 3.8) is 0 Å². The highest BCUT2D eigenvalue weighted by Gasteiger charge is 2.32. The molecule has 0 bridgehead atoms. The van der Waals surface area contributed by atoms with Crippen LogP contribution in [0.15, 0.2) is 24.3 Å². The van der Waals surface area contributed by atoms with E-state index in [9.17, 15) is 5.11 Å². The van der Waals surface area contributed by atoms with E-state index in [0.717, 1.165) is 23.4 Å². The molecule has 1 aliphatic rings. The summed E-state index contributed by atoms with van der Waals surface area (Å²) in [6, 6.07) is 7.83. The van der Waals surface area contributed by atoms with Crippen molar-refractivity contribution in [2.75, 3.05) is 0 Å². The maximum Gasteiger partial charge on any atom is 0.0687 e. The van der Waals surface area contributed by atoms with Crippen LogP contribution in [0, 0.1) is 5.92 Å². The molecule has 1 fully saturated rings. The summed E-state index contributed by atoms with van der Waals surface area (Å²) in [5.74, 6) is 0.440. The van der Waals surface area contributed by atoms with Gasteiger partial charge in [0.2, 0.25) is 0 Å². The number of aliphatic hydroxyl groups is 1. The van der Waals surface area contributed by atoms with Gasteiger partial charge in [-0.25, -0.2) is 0 Å². The van der Waals surface area contributed by atoms with E-state index in [1.807, 2.05) is 31.2 Å². The fourth-order valence-electron chi connectivity index (χ4n) is 2.93. The van der Waals surface area contributed by atoms with E-state index >= 15 is 0 Å². The average molecular weight is 253 g/mol. The van der Waals surface area contributed by atoms with Crippen LogP contribution in [0.1, 0.15) is 44.6 Å². The first-order chi connectivity index (χ1) is 8.08. The smallest absolute Gasteiger partial charge is 0.0687 e. The molecular weight excluding hydrogens is 232 g/mol. The van der Waals surface area contributed by atoms with Gasteiger partial charge in [0, 0.05) is 11.4 Å². The van der Waals surface area contributed by atoms with Gasteiger partial charge in [0.15, 0.2) is 0 Å². The summed E-state index contributed by atoms with van der Waals surface area (Å²) in [4.78, 5) is 0. The van der Waals surface area contributed by atoms with Crippen LogP contribution in [0.2, 0.25) is 5.02 Å². The van der Waals surface area contributed by atoms with Crippen LogP contribution in [0.5, 0.6) is 0 Å². The van der Waals surface area contributed by atoms with E-state index < -0.39 is 5.60 Å². The SMILES string of the molecule is CC(O)(Cc1cccc(Cl)c1)C1CCCCC1. The fourth-order valence-corrected chi connectivity index (χ4v) is 3.14. The Balaban J connectivity index is 2.05. The van der Waals surface area contributed by atoms with Gasteiger partial charge in [-0.15, -0.1) is 0 Å². The standard InChI is InChI=1S/C15H21ClO/c1-15(17,13-7-3-2-4-8-13)11-12-6-5-9-14(16)10-12/h5-6,9-10,13,17H,2-4,7-8,11H2,1H3. The summed E-state index contributed by atoms with van der Waals surface area (Å²) >= 11 is 5.98. The van der Waals surface area contributed by atoms with Crippen LogP contribution in [0.4, 0.5) is 0 Å². The second-order valence-electron chi connectivity index (χ2n) is 5.50. The van der Waals surface area contributed by atoms with Gasteiger partial charge in [-0.3, -0.25) is 0 Å². The predicted octanol–water partition coefficient (Wildman–Crippen LogP) is 4.21. The van der Waals surface area contributed by atoms with Crippen molar-refractivity contribution in [2.24, 2.45) is 5.92 Å². The van der Waals surface area contributed by atoms with E-state index in [1.165, 1.54) is 19.3 Å². The molecule has 2 rings (SSSR count). The second kappa shape index (κ2) is 5.41. The Bertz CT molecular complexity index is 367. The first-order valence-corrected chi connectivity index (χ1v) is 6.92. The van der Waals surface area contributed by atoms with Gasteiger partial charge in [-0.1, -0.05) is 43.0 Å². The zero-order valence-corrected chi connectivity index (χ0v) is 11.2. The molecule has 1 nitrogen and oxygen atoms in total. The van der Waals surface area contributed by atoms with Crippen molar-refractivity contribution >= 4 is 11.6 Å². The molecule has 1 saturated carbocycles. The van der Waals surface area contributed by atoms with Gasteiger partial charge in [-0.05, 0) is 43.4 Å². The highest BCUT2D eigenvalue weighted by atomic mass is 35.5. The predicted molar refractivity (Wildman–Crippen MR) is 72.4 cm³/mol. The molecule has 0 radical (unpaired) electrons. The van der Waals surface area contributed by atoms with Crippen molar-refractivity contribution in [2.45, 2.75) is 51.0 Å². The van der Waals surface area contributed by atoms with E-state index in [-0.39, 0.29) is 0 Å². The summed E-state index contributed by atoms with van der Waals surface area (Å²) in [5.41, 5.74) is 0.540. The minimum Gasteiger partial charge on any atom is -0.390 e. The van der Waals surface area contributed by atoms with Crippen LogP contribution < -0.4 is 0 Å². The molecule has 0 amide bonds. The number of rotatable bonds is 3. The van der Waals surface area contributed by atoms with Gasteiger partial charge in [0.1, 0.15) is 0 Å². The van der Waals surface area contributed by atoms with Crippen LogP contribution in [-0.2, 0) is 6.42 Å². The Labute approximate surface area is 109 Å². The summed E-state index contributed by atoms with van der Waals surface area (Å²) in [5, 5.41) is 11.4. The molecule has 1 aliphatic carbocycles. The van der Waals surface area contributed by atoms with Gasteiger partial charge in [0.25, 0.3) is 0 Å². The lowest BCUT2D eigenvalue weighted by Gasteiger charge is -2.35. The number of hydrogen-bond acceptors (Lipinski definition) is 1.